The number of hydrogen-bond donors (Lipinski definition) is 16. The lowest BCUT2D eigenvalue weighted by molar-refractivity contribution is -0.407. The van der Waals surface area contributed by atoms with Crippen LogP contribution in [0.15, 0.2) is 11.1 Å². The van der Waals surface area contributed by atoms with Crippen LogP contribution in [0, 0.1) is 33.5 Å². The minimum absolute atomic E-state index is 0.0520. The molecule has 9 fully saturated rings. The topological polar surface area (TPSA) is 478 Å². The number of ketones is 1. The van der Waals surface area contributed by atoms with Crippen molar-refractivity contribution in [2.75, 3.05) is 39.6 Å². The number of Topliss-reactive ketones (excluding diaryl/α,β-unsaturated/α-hetero) is 1. The number of carbonyl (C=O) groups excluding carboxylic acids is 2. The maximum absolute atomic E-state index is 14.5. The van der Waals surface area contributed by atoms with E-state index in [1.807, 2.05) is 20.8 Å². The molecule has 4 aliphatic carbocycles. The molecule has 0 radical (unpaired) electrons. The molecule has 0 unspecified atom stereocenters. The average molecular weight is 1300 g/mol. The van der Waals surface area contributed by atoms with Gasteiger partial charge in [0.2, 0.25) is 0 Å². The summed E-state index contributed by atoms with van der Waals surface area (Å²) in [5.41, 5.74) is -1.73. The van der Waals surface area contributed by atoms with Crippen molar-refractivity contribution in [3.63, 3.8) is 0 Å². The zero-order chi connectivity index (χ0) is 65.2. The average Bonchev–Trinajstić information content (AvgIpc) is 1.43. The minimum Gasteiger partial charge on any atom is -0.458 e. The van der Waals surface area contributed by atoms with Crippen LogP contribution < -0.4 is 0 Å². The Kier molecular flexibility index (Phi) is 19.9. The van der Waals surface area contributed by atoms with Gasteiger partial charge in [0.15, 0.2) is 37.7 Å². The first-order chi connectivity index (χ1) is 42.4. The quantitative estimate of drug-likeness (QED) is 0.0505. The molecule has 7 heterocycles. The highest BCUT2D eigenvalue weighted by atomic mass is 16.8. The molecule has 2 saturated carbocycles. The second-order valence-corrected chi connectivity index (χ2v) is 27.7. The van der Waals surface area contributed by atoms with Gasteiger partial charge in [0, 0.05) is 23.2 Å². The minimum atomic E-state index is -2.07. The summed E-state index contributed by atoms with van der Waals surface area (Å²) in [6, 6.07) is 0. The second-order valence-electron chi connectivity index (χ2n) is 27.7. The molecule has 0 amide bonds. The normalized spacial score (nSPS) is 54.8. The molecule has 11 rings (SSSR count). The smallest absolute Gasteiger partial charge is 0.306 e. The highest BCUT2D eigenvalue weighted by molar-refractivity contribution is 5.94. The summed E-state index contributed by atoms with van der Waals surface area (Å²) in [6.45, 7) is 7.37. The molecule has 11 aliphatic rings. The third kappa shape index (κ3) is 11.2. The summed E-state index contributed by atoms with van der Waals surface area (Å²) in [4.78, 5) is 27.3. The molecule has 0 bridgehead atoms. The third-order valence-corrected chi connectivity index (χ3v) is 22.9. The van der Waals surface area contributed by atoms with E-state index in [2.05, 4.69) is 13.8 Å². The molecule has 1 spiro atoms. The van der Waals surface area contributed by atoms with Crippen molar-refractivity contribution >= 4 is 11.8 Å². The van der Waals surface area contributed by atoms with Gasteiger partial charge in [-0.3, -0.25) is 9.59 Å². The van der Waals surface area contributed by atoms with Crippen molar-refractivity contribution in [1.29, 1.82) is 0 Å². The van der Waals surface area contributed by atoms with Crippen LogP contribution in [0.2, 0.25) is 0 Å². The lowest BCUT2D eigenvalue weighted by Gasteiger charge is -2.63. The van der Waals surface area contributed by atoms with Gasteiger partial charge in [0.05, 0.1) is 63.7 Å². The molecular formula is C59H92O31. The summed E-state index contributed by atoms with van der Waals surface area (Å²) >= 11 is 0. The van der Waals surface area contributed by atoms with Gasteiger partial charge in [0.25, 0.3) is 0 Å². The summed E-state index contributed by atoms with van der Waals surface area (Å²) in [5.74, 6) is -0.610. The van der Waals surface area contributed by atoms with E-state index in [0.717, 1.165) is 11.1 Å². The molecule has 7 aliphatic heterocycles. The van der Waals surface area contributed by atoms with Crippen molar-refractivity contribution in [3.8, 4) is 0 Å². The molecule has 7 saturated heterocycles. The Hall–Kier alpha value is -2.24. The largest absolute Gasteiger partial charge is 0.458 e. The van der Waals surface area contributed by atoms with Gasteiger partial charge in [-0.05, 0) is 63.7 Å². The Morgan fingerprint density at radius 2 is 1.04 bits per heavy atom. The first kappa shape index (κ1) is 69.1. The van der Waals surface area contributed by atoms with Gasteiger partial charge >= 0.3 is 5.97 Å². The Morgan fingerprint density at radius 3 is 1.67 bits per heavy atom. The lowest BCUT2D eigenvalue weighted by Crippen LogP contribution is -2.68. The van der Waals surface area contributed by atoms with E-state index >= 15 is 0 Å². The highest BCUT2D eigenvalue weighted by Crippen LogP contribution is 2.74. The van der Waals surface area contributed by atoms with E-state index in [9.17, 15) is 91.3 Å². The maximum atomic E-state index is 14.5. The second kappa shape index (κ2) is 26.0. The number of hydrogen-bond acceptors (Lipinski definition) is 31. The monoisotopic (exact) mass is 1300 g/mol. The molecule has 0 aromatic rings. The molecule has 0 aromatic heterocycles. The molecule has 514 valence electrons. The number of allylic oxidation sites excluding steroid dienone is 2. The summed E-state index contributed by atoms with van der Waals surface area (Å²) in [6.07, 6.45) is -45.9. The summed E-state index contributed by atoms with van der Waals surface area (Å²) in [5, 5.41) is 177. The van der Waals surface area contributed by atoms with Crippen LogP contribution in [-0.4, -0.2) is 311 Å². The fraction of sp³-hybridized carbons (Fsp3) is 0.932. The van der Waals surface area contributed by atoms with Crippen molar-refractivity contribution in [1.82, 2.24) is 0 Å². The molecule has 16 N–H and O–H groups in total. The maximum Gasteiger partial charge on any atom is 0.306 e. The SMILES string of the molecule is C[C@@H]1O[C@@H](O[C@H]2[C@H](O[C@H]3[C@H](OC[C@H]4O[C@@H](O[C@H]5CC[C@]6(C)C7=C(CC[C@H]6[C@@]5(C)CO)[C@]5(C)C(=O)C[C@@]6(OC(=O)C[C@@H]6C)[C@@]5(C)CC7)[C@H](O)[C@@H](O)[C@@H]4O)OC[C@H](O)[C@@H]3O)O[C@H](CO)[C@@H](O)[C@@H]2O[C@@H]2OC[C@H](O)[C@H](O)[C@H]2O[C@@H]2O[C@@H](CO)[C@@H](O)[C@H]2O)[C@H](O)[C@H](O)[C@H]1O. The van der Waals surface area contributed by atoms with Gasteiger partial charge < -0.3 is 143 Å². The van der Waals surface area contributed by atoms with E-state index < -0.39 is 232 Å². The van der Waals surface area contributed by atoms with Crippen LogP contribution in [0.1, 0.15) is 92.9 Å². The van der Waals surface area contributed by atoms with Gasteiger partial charge in [-0.1, -0.05) is 38.8 Å². The predicted octanol–water partition coefficient (Wildman–Crippen LogP) is -6.16. The van der Waals surface area contributed by atoms with Crippen LogP contribution in [0.4, 0.5) is 0 Å². The van der Waals surface area contributed by atoms with E-state index in [0.29, 0.717) is 38.5 Å². The number of aliphatic hydroxyl groups is 16. The Labute approximate surface area is 518 Å². The molecule has 31 nitrogen and oxygen atoms in total. The molecular weight excluding hydrogens is 1200 g/mol. The van der Waals surface area contributed by atoms with Gasteiger partial charge in [-0.2, -0.15) is 0 Å². The lowest BCUT2D eigenvalue weighted by atomic mass is 9.42. The van der Waals surface area contributed by atoms with Crippen LogP contribution in [0.3, 0.4) is 0 Å². The zero-order valence-electron chi connectivity index (χ0n) is 51.0. The Morgan fingerprint density at radius 1 is 0.511 bits per heavy atom. The molecule has 31 heteroatoms. The van der Waals surface area contributed by atoms with Crippen molar-refractivity contribution in [2.45, 2.75) is 271 Å². The number of esters is 1. The number of ether oxygens (including phenoxy) is 13. The van der Waals surface area contributed by atoms with E-state index in [1.54, 1.807) is 0 Å². The third-order valence-electron chi connectivity index (χ3n) is 22.9. The summed E-state index contributed by atoms with van der Waals surface area (Å²) < 4.78 is 78.4. The Balaban J connectivity index is 0.819. The number of fused-ring (bicyclic) bond motifs is 5. The molecule has 90 heavy (non-hydrogen) atoms. The van der Waals surface area contributed by atoms with E-state index in [4.69, 9.17) is 61.6 Å². The number of aliphatic hydroxyl groups excluding tert-OH is 16. The fourth-order valence-corrected chi connectivity index (χ4v) is 17.2. The number of carbonyl (C=O) groups is 2. The van der Waals surface area contributed by atoms with Crippen LogP contribution in [-0.2, 0) is 71.2 Å². The summed E-state index contributed by atoms with van der Waals surface area (Å²) in [7, 11) is 0. The van der Waals surface area contributed by atoms with Gasteiger partial charge in [-0.15, -0.1) is 0 Å². The standard InChI is InChI=1S/C59H92O31/c1-21-13-33(66)90-59(21)14-31(65)58(6)24-7-8-30-55(3,23(24)9-12-57(58,59)5)11-10-32(56(30,4)20-62)85-50-44(77)41(74)38(71)29(84-50)19-80-52-46(35(68)25(63)17-78-52)88-54-48(89-49-43(76)40(73)34(67)22(2)81-49)45(39(72)28(16-61)83-54)86-53-47(36(69)26(64)18-79-53)87-51-42(75)37(70)27(15-60)82-51/h21-22,25-30,32,34-54,60-64,67-77H,7-20H2,1-6H3/t21-,22-,25-,26-,27-,28+,29+,30+,32-,34-,35-,36-,37+,38+,39+,40+,41-,42+,43+,44+,45-,46+,47+,48+,49-,50-,51-,52-,53-,54-,55+,56+,57-,58+,59-/m0/s1. The van der Waals surface area contributed by atoms with Gasteiger partial charge in [-0.25, -0.2) is 0 Å². The van der Waals surface area contributed by atoms with E-state index in [1.165, 1.54) is 6.92 Å². The first-order valence-electron chi connectivity index (χ1n) is 31.3. The van der Waals surface area contributed by atoms with Crippen LogP contribution in [0.5, 0.6) is 0 Å². The van der Waals surface area contributed by atoms with Crippen molar-refractivity contribution in [2.24, 2.45) is 33.5 Å². The van der Waals surface area contributed by atoms with Crippen molar-refractivity contribution in [3.05, 3.63) is 11.1 Å². The Bertz CT molecular complexity index is 2590. The van der Waals surface area contributed by atoms with Crippen LogP contribution >= 0.6 is 0 Å². The molecule has 35 atom stereocenters. The van der Waals surface area contributed by atoms with Crippen molar-refractivity contribution < 1.29 is 153 Å². The highest BCUT2D eigenvalue weighted by Gasteiger charge is 2.76. The predicted molar refractivity (Wildman–Crippen MR) is 292 cm³/mol. The fourth-order valence-electron chi connectivity index (χ4n) is 17.2. The van der Waals surface area contributed by atoms with Gasteiger partial charge in [0.1, 0.15) is 133 Å². The first-order valence-corrected chi connectivity index (χ1v) is 31.3. The molecule has 0 aromatic carbocycles. The van der Waals surface area contributed by atoms with Crippen LogP contribution in [0.25, 0.3) is 0 Å². The van der Waals surface area contributed by atoms with E-state index in [-0.39, 0.29) is 43.0 Å². The number of rotatable bonds is 16. The zero-order valence-corrected chi connectivity index (χ0v) is 51.0.